The molecule has 0 aliphatic carbocycles. The molecule has 0 saturated carbocycles. The van der Waals surface area contributed by atoms with Gasteiger partial charge in [-0.3, -0.25) is 0 Å². The Kier molecular flexibility index (Phi) is 4.87. The molecule has 0 fully saturated rings. The van der Waals surface area contributed by atoms with Gasteiger partial charge in [0.05, 0.1) is 39.4 Å². The van der Waals surface area contributed by atoms with Crippen LogP contribution < -0.4 is 0 Å². The third kappa shape index (κ3) is 3.28. The monoisotopic (exact) mass is 475 g/mol. The minimum Gasteiger partial charge on any atom is -0.478 e. The van der Waals surface area contributed by atoms with E-state index in [2.05, 4.69) is 26.0 Å². The standard InChI is InChI=1S/C20H12BrCl2N3O2/c1-10-15(9-24-26(10)19-5-3-12(22)7-16(19)23)18-8-14(20(27)28)13-6-11(21)2-4-17(13)25-18/h2-9H,1H3,(H,27,28). The van der Waals surface area contributed by atoms with Crippen LogP contribution in [-0.4, -0.2) is 25.8 Å². The molecule has 140 valence electrons. The van der Waals surface area contributed by atoms with E-state index < -0.39 is 5.97 Å². The van der Waals surface area contributed by atoms with E-state index in [9.17, 15) is 9.90 Å². The van der Waals surface area contributed by atoms with E-state index in [0.29, 0.717) is 32.3 Å². The number of aromatic nitrogens is 3. The number of carbonyl (C=O) groups is 1. The summed E-state index contributed by atoms with van der Waals surface area (Å²) < 4.78 is 2.47. The molecule has 2 aromatic carbocycles. The SMILES string of the molecule is Cc1c(-c2cc(C(=O)O)c3cc(Br)ccc3n2)cnn1-c1ccc(Cl)cc1Cl. The number of hydrogen-bond donors (Lipinski definition) is 1. The Morgan fingerprint density at radius 2 is 1.93 bits per heavy atom. The molecule has 4 rings (SSSR count). The molecule has 0 unspecified atom stereocenters. The van der Waals surface area contributed by atoms with Crippen molar-refractivity contribution < 1.29 is 9.90 Å². The van der Waals surface area contributed by atoms with Crippen molar-refractivity contribution in [2.75, 3.05) is 0 Å². The van der Waals surface area contributed by atoms with Crippen LogP contribution >= 0.6 is 39.1 Å². The van der Waals surface area contributed by atoms with Crippen LogP contribution in [0.15, 0.2) is 53.1 Å². The van der Waals surface area contributed by atoms with Gasteiger partial charge in [0, 0.05) is 20.4 Å². The Hall–Kier alpha value is -2.41. The highest BCUT2D eigenvalue weighted by Gasteiger charge is 2.18. The summed E-state index contributed by atoms with van der Waals surface area (Å²) in [5.74, 6) is -1.02. The number of nitrogens with zero attached hydrogens (tertiary/aromatic N) is 3. The molecule has 0 amide bonds. The normalized spacial score (nSPS) is 11.1. The van der Waals surface area contributed by atoms with E-state index in [0.717, 1.165) is 15.7 Å². The molecule has 0 bridgehead atoms. The fraction of sp³-hybridized carbons (Fsp3) is 0.0500. The smallest absolute Gasteiger partial charge is 0.336 e. The highest BCUT2D eigenvalue weighted by molar-refractivity contribution is 9.10. The largest absolute Gasteiger partial charge is 0.478 e. The lowest BCUT2D eigenvalue weighted by atomic mass is 10.0. The highest BCUT2D eigenvalue weighted by atomic mass is 79.9. The summed E-state index contributed by atoms with van der Waals surface area (Å²) in [6.07, 6.45) is 1.65. The molecule has 4 aromatic rings. The number of carboxylic acids is 1. The molecule has 0 radical (unpaired) electrons. The van der Waals surface area contributed by atoms with Crippen molar-refractivity contribution in [2.24, 2.45) is 0 Å². The third-order valence-electron chi connectivity index (χ3n) is 4.42. The van der Waals surface area contributed by atoms with Crippen LogP contribution in [0.5, 0.6) is 0 Å². The molecular formula is C20H12BrCl2N3O2. The fourth-order valence-corrected chi connectivity index (χ4v) is 3.92. The fourth-order valence-electron chi connectivity index (χ4n) is 3.07. The molecule has 0 aliphatic rings. The lowest BCUT2D eigenvalue weighted by Crippen LogP contribution is -2.02. The second kappa shape index (κ2) is 7.20. The predicted molar refractivity (Wildman–Crippen MR) is 114 cm³/mol. The Labute approximate surface area is 178 Å². The number of rotatable bonds is 3. The van der Waals surface area contributed by atoms with Gasteiger partial charge in [-0.2, -0.15) is 5.10 Å². The van der Waals surface area contributed by atoms with Crippen molar-refractivity contribution in [1.29, 1.82) is 0 Å². The molecule has 0 spiro atoms. The molecule has 8 heteroatoms. The van der Waals surface area contributed by atoms with E-state index in [-0.39, 0.29) is 5.56 Å². The molecular weight excluding hydrogens is 465 g/mol. The number of benzene rings is 2. The van der Waals surface area contributed by atoms with Crippen LogP contribution in [0.3, 0.4) is 0 Å². The molecule has 0 aliphatic heterocycles. The number of halogens is 3. The maximum atomic E-state index is 11.8. The Morgan fingerprint density at radius 1 is 1.14 bits per heavy atom. The van der Waals surface area contributed by atoms with Crippen LogP contribution in [0, 0.1) is 6.92 Å². The average molecular weight is 477 g/mol. The van der Waals surface area contributed by atoms with Gasteiger partial charge in [-0.1, -0.05) is 39.1 Å². The Morgan fingerprint density at radius 3 is 2.64 bits per heavy atom. The first-order valence-electron chi connectivity index (χ1n) is 8.19. The topological polar surface area (TPSA) is 68.0 Å². The van der Waals surface area contributed by atoms with Gasteiger partial charge in [-0.05, 0) is 49.4 Å². The number of carboxylic acid groups (broad SMARTS) is 1. The quantitative estimate of drug-likeness (QED) is 0.384. The highest BCUT2D eigenvalue weighted by Crippen LogP contribution is 2.31. The first kappa shape index (κ1) is 18.9. The molecule has 0 atom stereocenters. The van der Waals surface area contributed by atoms with Crippen molar-refractivity contribution in [2.45, 2.75) is 6.92 Å². The lowest BCUT2D eigenvalue weighted by molar-refractivity contribution is 0.0699. The van der Waals surface area contributed by atoms with Crippen LogP contribution in [0.2, 0.25) is 10.0 Å². The molecule has 2 heterocycles. The van der Waals surface area contributed by atoms with Crippen molar-refractivity contribution in [3.05, 3.63) is 74.4 Å². The summed E-state index contributed by atoms with van der Waals surface area (Å²) in [6, 6.07) is 12.1. The van der Waals surface area contributed by atoms with Gasteiger partial charge < -0.3 is 5.11 Å². The first-order chi connectivity index (χ1) is 13.3. The van der Waals surface area contributed by atoms with Crippen LogP contribution in [-0.2, 0) is 0 Å². The first-order valence-corrected chi connectivity index (χ1v) is 9.74. The maximum Gasteiger partial charge on any atom is 0.336 e. The minimum atomic E-state index is -1.02. The van der Waals surface area contributed by atoms with Gasteiger partial charge >= 0.3 is 5.97 Å². The number of fused-ring (bicyclic) bond motifs is 1. The number of aromatic carboxylic acids is 1. The molecule has 1 N–H and O–H groups in total. The van der Waals surface area contributed by atoms with Crippen LogP contribution in [0.4, 0.5) is 0 Å². The number of hydrogen-bond acceptors (Lipinski definition) is 3. The zero-order valence-electron chi connectivity index (χ0n) is 14.4. The zero-order chi connectivity index (χ0) is 20.0. The van der Waals surface area contributed by atoms with Crippen LogP contribution in [0.25, 0.3) is 27.8 Å². The second-order valence-corrected chi connectivity index (χ2v) is 7.93. The zero-order valence-corrected chi connectivity index (χ0v) is 17.5. The Balaban J connectivity index is 1.91. The van der Waals surface area contributed by atoms with Gasteiger partial charge in [0.2, 0.25) is 0 Å². The van der Waals surface area contributed by atoms with Crippen molar-refractivity contribution in [3.8, 4) is 16.9 Å². The maximum absolute atomic E-state index is 11.8. The molecule has 0 saturated heterocycles. The number of pyridine rings is 1. The average Bonchev–Trinajstić information content (AvgIpc) is 3.02. The minimum absolute atomic E-state index is 0.179. The van der Waals surface area contributed by atoms with Gasteiger partial charge in [0.1, 0.15) is 0 Å². The molecule has 28 heavy (non-hydrogen) atoms. The van der Waals surface area contributed by atoms with Gasteiger partial charge in [0.25, 0.3) is 0 Å². The second-order valence-electron chi connectivity index (χ2n) is 6.17. The van der Waals surface area contributed by atoms with Gasteiger partial charge in [-0.15, -0.1) is 0 Å². The third-order valence-corrected chi connectivity index (χ3v) is 5.46. The molecule has 5 nitrogen and oxygen atoms in total. The summed E-state index contributed by atoms with van der Waals surface area (Å²) in [4.78, 5) is 16.4. The van der Waals surface area contributed by atoms with Crippen molar-refractivity contribution in [1.82, 2.24) is 14.8 Å². The van der Waals surface area contributed by atoms with Crippen molar-refractivity contribution in [3.63, 3.8) is 0 Å². The Bertz CT molecular complexity index is 1250. The summed E-state index contributed by atoms with van der Waals surface area (Å²) in [7, 11) is 0. The summed E-state index contributed by atoms with van der Waals surface area (Å²) >= 11 is 15.7. The van der Waals surface area contributed by atoms with E-state index in [4.69, 9.17) is 23.2 Å². The van der Waals surface area contributed by atoms with E-state index in [1.807, 2.05) is 13.0 Å². The van der Waals surface area contributed by atoms with E-state index in [1.54, 1.807) is 47.3 Å². The molecule has 2 aromatic heterocycles. The van der Waals surface area contributed by atoms with Gasteiger partial charge in [0.15, 0.2) is 0 Å². The van der Waals surface area contributed by atoms with Crippen molar-refractivity contribution >= 4 is 56.0 Å². The lowest BCUT2D eigenvalue weighted by Gasteiger charge is -2.09. The van der Waals surface area contributed by atoms with E-state index in [1.165, 1.54) is 0 Å². The van der Waals surface area contributed by atoms with Crippen LogP contribution in [0.1, 0.15) is 16.1 Å². The van der Waals surface area contributed by atoms with E-state index >= 15 is 0 Å². The summed E-state index contributed by atoms with van der Waals surface area (Å²) in [6.45, 7) is 1.88. The van der Waals surface area contributed by atoms with Gasteiger partial charge in [-0.25, -0.2) is 14.5 Å². The predicted octanol–water partition coefficient (Wildman–Crippen LogP) is 6.16. The summed E-state index contributed by atoms with van der Waals surface area (Å²) in [5, 5.41) is 15.6. The summed E-state index contributed by atoms with van der Waals surface area (Å²) in [5.41, 5.74) is 3.48.